The minimum absolute atomic E-state index is 0.0266. The van der Waals surface area contributed by atoms with Gasteiger partial charge in [-0.05, 0) is 107 Å². The average molecular weight is 798 g/mol. The van der Waals surface area contributed by atoms with E-state index in [4.69, 9.17) is 23.7 Å². The summed E-state index contributed by atoms with van der Waals surface area (Å²) in [5.74, 6) is -4.24. The molecule has 15 heteroatoms. The molecule has 0 aromatic rings. The van der Waals surface area contributed by atoms with Crippen LogP contribution in [0.1, 0.15) is 136 Å². The standard InChI is InChI=1S/C40H64F5NO9/c1-3-46(4-2)17-13-19-52-37(50)55-29-33(28-54-36(49)26-38-23-30-20-31(24-38)22-32(21-30)25-38)27-53-35(48)15-10-6-5-9-14-34(47)51-18-12-8-7-11-16-39(41,42)40(43,44)45/h30-33H,3-29H2,1-2H3. The van der Waals surface area contributed by atoms with E-state index in [1.54, 1.807) is 0 Å². The lowest BCUT2D eigenvalue weighted by atomic mass is 9.49. The fourth-order valence-electron chi connectivity index (χ4n) is 8.81. The summed E-state index contributed by atoms with van der Waals surface area (Å²) >= 11 is 0. The molecular weight excluding hydrogens is 733 g/mol. The number of unbranched alkanes of at least 4 members (excludes halogenated alkanes) is 6. The first-order valence-corrected chi connectivity index (χ1v) is 20.6. The summed E-state index contributed by atoms with van der Waals surface area (Å²) in [6.45, 7) is 6.75. The molecule has 0 aromatic heterocycles. The van der Waals surface area contributed by atoms with Crippen molar-refractivity contribution in [3.63, 3.8) is 0 Å². The summed E-state index contributed by atoms with van der Waals surface area (Å²) in [4.78, 5) is 52.1. The molecule has 0 radical (unpaired) electrons. The van der Waals surface area contributed by atoms with Gasteiger partial charge in [-0.25, -0.2) is 4.79 Å². The van der Waals surface area contributed by atoms with Gasteiger partial charge in [-0.2, -0.15) is 22.0 Å². The summed E-state index contributed by atoms with van der Waals surface area (Å²) in [6.07, 6.45) is 3.91. The van der Waals surface area contributed by atoms with E-state index in [0.717, 1.165) is 38.9 Å². The van der Waals surface area contributed by atoms with Crippen molar-refractivity contribution in [2.45, 2.75) is 148 Å². The Hall–Kier alpha value is -2.71. The second-order valence-electron chi connectivity index (χ2n) is 16.1. The molecule has 4 saturated carbocycles. The van der Waals surface area contributed by atoms with Gasteiger partial charge in [-0.3, -0.25) is 14.4 Å². The molecule has 0 saturated heterocycles. The van der Waals surface area contributed by atoms with Crippen LogP contribution in [0.5, 0.6) is 0 Å². The lowest BCUT2D eigenvalue weighted by Gasteiger charge is -2.56. The third kappa shape index (κ3) is 17.5. The van der Waals surface area contributed by atoms with Crippen LogP contribution < -0.4 is 0 Å². The highest BCUT2D eigenvalue weighted by Crippen LogP contribution is 2.61. The number of hydrogen-bond acceptors (Lipinski definition) is 10. The van der Waals surface area contributed by atoms with E-state index in [0.29, 0.717) is 69.1 Å². The Morgan fingerprint density at radius 1 is 0.618 bits per heavy atom. The lowest BCUT2D eigenvalue weighted by molar-refractivity contribution is -0.284. The number of rotatable bonds is 28. The normalized spacial score (nSPS) is 22.4. The Balaban J connectivity index is 1.29. The maximum absolute atomic E-state index is 13.1. The molecule has 0 amide bonds. The fourth-order valence-corrected chi connectivity index (χ4v) is 8.81. The number of hydrogen-bond donors (Lipinski definition) is 0. The number of nitrogens with zero attached hydrogens (tertiary/aromatic N) is 1. The number of esters is 3. The van der Waals surface area contributed by atoms with Crippen molar-refractivity contribution in [1.82, 2.24) is 4.90 Å². The van der Waals surface area contributed by atoms with Gasteiger partial charge in [0, 0.05) is 25.8 Å². The molecule has 4 bridgehead atoms. The van der Waals surface area contributed by atoms with Crippen LogP contribution >= 0.6 is 0 Å². The van der Waals surface area contributed by atoms with Crippen LogP contribution in [0.2, 0.25) is 0 Å². The smallest absolute Gasteiger partial charge is 0.466 e. The maximum atomic E-state index is 13.1. The van der Waals surface area contributed by atoms with Gasteiger partial charge in [0.05, 0.1) is 25.6 Å². The number of ether oxygens (including phenoxy) is 5. The monoisotopic (exact) mass is 797 g/mol. The third-order valence-corrected chi connectivity index (χ3v) is 11.4. The first-order valence-electron chi connectivity index (χ1n) is 20.6. The summed E-state index contributed by atoms with van der Waals surface area (Å²) < 4.78 is 89.2. The average Bonchev–Trinajstić information content (AvgIpc) is 3.11. The van der Waals surface area contributed by atoms with Gasteiger partial charge in [-0.15, -0.1) is 0 Å². The summed E-state index contributed by atoms with van der Waals surface area (Å²) in [5.41, 5.74) is 0.0266. The quantitative estimate of drug-likeness (QED) is 0.0328. The van der Waals surface area contributed by atoms with Gasteiger partial charge in [-0.1, -0.05) is 39.5 Å². The van der Waals surface area contributed by atoms with Gasteiger partial charge in [0.25, 0.3) is 0 Å². The Morgan fingerprint density at radius 2 is 1.11 bits per heavy atom. The molecule has 4 aliphatic rings. The van der Waals surface area contributed by atoms with E-state index in [9.17, 15) is 41.1 Å². The molecule has 1 unspecified atom stereocenters. The zero-order valence-electron chi connectivity index (χ0n) is 32.9. The Bertz CT molecular complexity index is 1140. The molecule has 318 valence electrons. The van der Waals surface area contributed by atoms with Crippen LogP contribution in [-0.4, -0.2) is 93.7 Å². The Kier molecular flexibility index (Phi) is 19.9. The van der Waals surface area contributed by atoms with Crippen LogP contribution in [0.3, 0.4) is 0 Å². The second kappa shape index (κ2) is 23.5. The van der Waals surface area contributed by atoms with Crippen molar-refractivity contribution in [1.29, 1.82) is 0 Å². The SMILES string of the molecule is CCN(CC)CCCOC(=O)OCC(COC(=O)CCCCCCC(=O)OCCCCCCC(F)(F)C(F)(F)F)COC(=O)CC12CC3CC(CC(C3)C1)C2. The van der Waals surface area contributed by atoms with Crippen molar-refractivity contribution < 1.29 is 64.8 Å². The zero-order chi connectivity index (χ0) is 40.3. The van der Waals surface area contributed by atoms with Gasteiger partial charge < -0.3 is 28.6 Å². The Morgan fingerprint density at radius 3 is 1.67 bits per heavy atom. The predicted molar refractivity (Wildman–Crippen MR) is 193 cm³/mol. The van der Waals surface area contributed by atoms with Gasteiger partial charge in [0.2, 0.25) is 0 Å². The maximum Gasteiger partial charge on any atom is 0.508 e. The molecule has 0 spiro atoms. The van der Waals surface area contributed by atoms with E-state index in [1.807, 2.05) is 0 Å². The van der Waals surface area contributed by atoms with Crippen molar-refractivity contribution in [3.8, 4) is 0 Å². The van der Waals surface area contributed by atoms with Crippen molar-refractivity contribution in [3.05, 3.63) is 0 Å². The van der Waals surface area contributed by atoms with Crippen molar-refractivity contribution in [2.24, 2.45) is 29.1 Å². The van der Waals surface area contributed by atoms with E-state index in [1.165, 1.54) is 19.3 Å². The highest BCUT2D eigenvalue weighted by molar-refractivity contribution is 5.71. The van der Waals surface area contributed by atoms with Crippen LogP contribution in [0.15, 0.2) is 0 Å². The zero-order valence-corrected chi connectivity index (χ0v) is 32.9. The molecular formula is C40H64F5NO9. The summed E-state index contributed by atoms with van der Waals surface area (Å²) in [6, 6.07) is 0. The molecule has 4 rings (SSSR count). The lowest BCUT2D eigenvalue weighted by Crippen LogP contribution is -2.47. The first-order chi connectivity index (χ1) is 26.1. The molecule has 4 fully saturated rings. The second-order valence-corrected chi connectivity index (χ2v) is 16.1. The van der Waals surface area contributed by atoms with E-state index < -0.39 is 42.5 Å². The highest BCUT2D eigenvalue weighted by atomic mass is 19.4. The van der Waals surface area contributed by atoms with Gasteiger partial charge in [0.1, 0.15) is 19.8 Å². The molecule has 1 atom stereocenters. The molecule has 0 aromatic carbocycles. The molecule has 0 heterocycles. The van der Waals surface area contributed by atoms with Gasteiger partial charge >= 0.3 is 36.2 Å². The van der Waals surface area contributed by atoms with Crippen LogP contribution in [-0.2, 0) is 38.1 Å². The molecule has 55 heavy (non-hydrogen) atoms. The van der Waals surface area contributed by atoms with Crippen LogP contribution in [0.4, 0.5) is 26.7 Å². The highest BCUT2D eigenvalue weighted by Gasteiger charge is 2.56. The topological polar surface area (TPSA) is 118 Å². The minimum Gasteiger partial charge on any atom is -0.466 e. The predicted octanol–water partition coefficient (Wildman–Crippen LogP) is 9.21. The molecule has 4 aliphatic carbocycles. The summed E-state index contributed by atoms with van der Waals surface area (Å²) in [7, 11) is 0. The number of halogens is 5. The molecule has 0 aliphatic heterocycles. The first kappa shape index (κ1) is 46.7. The largest absolute Gasteiger partial charge is 0.508 e. The third-order valence-electron chi connectivity index (χ3n) is 11.4. The van der Waals surface area contributed by atoms with Crippen LogP contribution in [0, 0.1) is 29.1 Å². The van der Waals surface area contributed by atoms with E-state index >= 15 is 0 Å². The summed E-state index contributed by atoms with van der Waals surface area (Å²) in [5, 5.41) is 0. The molecule has 0 N–H and O–H groups in total. The van der Waals surface area contributed by atoms with Crippen molar-refractivity contribution in [2.75, 3.05) is 52.7 Å². The number of carbonyl (C=O) groups is 4. The van der Waals surface area contributed by atoms with E-state index in [-0.39, 0.29) is 70.1 Å². The molecule has 10 nitrogen and oxygen atoms in total. The minimum atomic E-state index is -5.54. The van der Waals surface area contributed by atoms with E-state index in [2.05, 4.69) is 18.7 Å². The number of alkyl halides is 5. The van der Waals surface area contributed by atoms with Gasteiger partial charge in [0.15, 0.2) is 0 Å². The van der Waals surface area contributed by atoms with Crippen LogP contribution in [0.25, 0.3) is 0 Å². The number of carbonyl (C=O) groups excluding carboxylic acids is 4. The van der Waals surface area contributed by atoms with Crippen molar-refractivity contribution >= 4 is 24.1 Å². The fraction of sp³-hybridized carbons (Fsp3) is 0.900. The Labute approximate surface area is 323 Å².